The van der Waals surface area contributed by atoms with Crippen LogP contribution in [0.5, 0.6) is 0 Å². The van der Waals surface area contributed by atoms with Crippen molar-refractivity contribution in [1.29, 1.82) is 0 Å². The van der Waals surface area contributed by atoms with Crippen LogP contribution in [0.2, 0.25) is 5.15 Å². The fourth-order valence-corrected chi connectivity index (χ4v) is 2.09. The van der Waals surface area contributed by atoms with Gasteiger partial charge in [0.15, 0.2) is 0 Å². The second-order valence-corrected chi connectivity index (χ2v) is 4.70. The number of rotatable bonds is 5. The summed E-state index contributed by atoms with van der Waals surface area (Å²) in [6.07, 6.45) is 1.91. The van der Waals surface area contributed by atoms with Crippen molar-refractivity contribution in [2.75, 3.05) is 0 Å². The third-order valence-corrected chi connectivity index (χ3v) is 3.71. The quantitative estimate of drug-likeness (QED) is 0.614. The Balaban J connectivity index is 2.85. The smallest absolute Gasteiger partial charge is 0.130 e. The molecule has 0 amide bonds. The molecule has 0 radical (unpaired) electrons. The van der Waals surface area contributed by atoms with Crippen LogP contribution in [-0.2, 0) is 13.5 Å². The summed E-state index contributed by atoms with van der Waals surface area (Å²) in [6.45, 7) is 6.32. The summed E-state index contributed by atoms with van der Waals surface area (Å²) in [5.41, 5.74) is 4.94. The van der Waals surface area contributed by atoms with Crippen LogP contribution < -0.4 is 11.3 Å². The molecule has 0 aliphatic heterocycles. The summed E-state index contributed by atoms with van der Waals surface area (Å²) in [5, 5.41) is 5.01. The first-order valence-electron chi connectivity index (χ1n) is 5.65. The normalized spacial score (nSPS) is 15.1. The molecule has 0 spiro atoms. The topological polar surface area (TPSA) is 55.9 Å². The molecule has 0 aliphatic carbocycles. The molecule has 3 N–H and O–H groups in total. The molecule has 0 aliphatic rings. The Labute approximate surface area is 102 Å². The average molecular weight is 245 g/mol. The van der Waals surface area contributed by atoms with E-state index in [-0.39, 0.29) is 6.04 Å². The maximum absolute atomic E-state index is 6.19. The summed E-state index contributed by atoms with van der Waals surface area (Å²) in [6, 6.07) is 0.241. The number of hydrogen-bond acceptors (Lipinski definition) is 3. The Bertz CT molecular complexity index is 348. The highest BCUT2D eigenvalue weighted by Crippen LogP contribution is 2.22. The minimum absolute atomic E-state index is 0.241. The van der Waals surface area contributed by atoms with Gasteiger partial charge in [0, 0.05) is 18.7 Å². The standard InChI is InChI=1S/C11H21ClN4/c1-5-7(2)10(14-13)6-9-8(3)15-16(4)11(9)12/h7,10,14H,5-6,13H2,1-4H3. The molecule has 0 aromatic carbocycles. The van der Waals surface area contributed by atoms with Gasteiger partial charge in [0.05, 0.1) is 5.69 Å². The monoisotopic (exact) mass is 244 g/mol. The van der Waals surface area contributed by atoms with Gasteiger partial charge in [0.1, 0.15) is 5.15 Å². The van der Waals surface area contributed by atoms with Crippen molar-refractivity contribution < 1.29 is 0 Å². The van der Waals surface area contributed by atoms with Gasteiger partial charge >= 0.3 is 0 Å². The van der Waals surface area contributed by atoms with Crippen molar-refractivity contribution in [3.8, 4) is 0 Å². The van der Waals surface area contributed by atoms with Crippen LogP contribution in [0, 0.1) is 12.8 Å². The van der Waals surface area contributed by atoms with Gasteiger partial charge in [-0.15, -0.1) is 0 Å². The molecule has 1 rings (SSSR count). The Morgan fingerprint density at radius 1 is 1.56 bits per heavy atom. The van der Waals surface area contributed by atoms with Crippen molar-refractivity contribution in [1.82, 2.24) is 15.2 Å². The third-order valence-electron chi connectivity index (χ3n) is 3.24. The largest absolute Gasteiger partial charge is 0.271 e. The molecule has 92 valence electrons. The van der Waals surface area contributed by atoms with Crippen LogP contribution in [0.25, 0.3) is 0 Å². The Morgan fingerprint density at radius 2 is 2.19 bits per heavy atom. The summed E-state index contributed by atoms with van der Waals surface area (Å²) in [7, 11) is 1.85. The summed E-state index contributed by atoms with van der Waals surface area (Å²) >= 11 is 6.19. The number of aryl methyl sites for hydroxylation is 2. The predicted octanol–water partition coefficient (Wildman–Crippen LogP) is 1.80. The van der Waals surface area contributed by atoms with E-state index in [0.717, 1.165) is 24.1 Å². The summed E-state index contributed by atoms with van der Waals surface area (Å²) in [4.78, 5) is 0. The molecule has 2 atom stereocenters. The maximum atomic E-state index is 6.19. The van der Waals surface area contributed by atoms with E-state index in [9.17, 15) is 0 Å². The zero-order valence-corrected chi connectivity index (χ0v) is 11.2. The molecule has 2 unspecified atom stereocenters. The summed E-state index contributed by atoms with van der Waals surface area (Å²) < 4.78 is 1.70. The van der Waals surface area contributed by atoms with Gasteiger partial charge in [-0.25, -0.2) is 0 Å². The number of nitrogens with one attached hydrogen (secondary N) is 1. The number of hydrazine groups is 1. The second-order valence-electron chi connectivity index (χ2n) is 4.34. The fraction of sp³-hybridized carbons (Fsp3) is 0.727. The Kier molecular flexibility index (Phi) is 4.77. The molecule has 5 heteroatoms. The molecular formula is C11H21ClN4. The van der Waals surface area contributed by atoms with Crippen molar-refractivity contribution in [3.63, 3.8) is 0 Å². The highest BCUT2D eigenvalue weighted by molar-refractivity contribution is 6.30. The highest BCUT2D eigenvalue weighted by atomic mass is 35.5. The van der Waals surface area contributed by atoms with Crippen molar-refractivity contribution in [3.05, 3.63) is 16.4 Å². The third kappa shape index (κ3) is 2.75. The molecule has 1 heterocycles. The Morgan fingerprint density at radius 3 is 2.56 bits per heavy atom. The number of halogens is 1. The number of nitrogens with two attached hydrogens (primary N) is 1. The molecule has 1 aromatic rings. The van der Waals surface area contributed by atoms with Crippen LogP contribution in [0.4, 0.5) is 0 Å². The van der Waals surface area contributed by atoms with Gasteiger partial charge in [0.25, 0.3) is 0 Å². The number of hydrogen-bond donors (Lipinski definition) is 2. The molecular weight excluding hydrogens is 224 g/mol. The molecule has 16 heavy (non-hydrogen) atoms. The first-order chi connectivity index (χ1) is 7.51. The molecule has 0 bridgehead atoms. The van der Waals surface area contributed by atoms with Crippen LogP contribution in [-0.4, -0.2) is 15.8 Å². The molecule has 0 saturated carbocycles. The van der Waals surface area contributed by atoms with Crippen molar-refractivity contribution >= 4 is 11.6 Å². The van der Waals surface area contributed by atoms with Crippen LogP contribution in [0.3, 0.4) is 0 Å². The van der Waals surface area contributed by atoms with E-state index in [1.165, 1.54) is 0 Å². The average Bonchev–Trinajstić information content (AvgIpc) is 2.50. The van der Waals surface area contributed by atoms with Crippen molar-refractivity contribution in [2.45, 2.75) is 39.7 Å². The lowest BCUT2D eigenvalue weighted by atomic mass is 9.94. The van der Waals surface area contributed by atoms with E-state index in [0.29, 0.717) is 11.1 Å². The van der Waals surface area contributed by atoms with E-state index in [1.54, 1.807) is 4.68 Å². The summed E-state index contributed by atoms with van der Waals surface area (Å²) in [5.74, 6) is 6.10. The lowest BCUT2D eigenvalue weighted by molar-refractivity contribution is 0.369. The van der Waals surface area contributed by atoms with E-state index in [4.69, 9.17) is 17.4 Å². The maximum Gasteiger partial charge on any atom is 0.130 e. The predicted molar refractivity (Wildman–Crippen MR) is 67.2 cm³/mol. The van der Waals surface area contributed by atoms with E-state index in [1.807, 2.05) is 14.0 Å². The van der Waals surface area contributed by atoms with Crippen molar-refractivity contribution in [2.24, 2.45) is 18.8 Å². The van der Waals surface area contributed by atoms with E-state index in [2.05, 4.69) is 24.4 Å². The lowest BCUT2D eigenvalue weighted by Crippen LogP contribution is -2.41. The zero-order valence-electron chi connectivity index (χ0n) is 10.4. The van der Waals surface area contributed by atoms with Gasteiger partial charge in [0.2, 0.25) is 0 Å². The van der Waals surface area contributed by atoms with Gasteiger partial charge in [-0.3, -0.25) is 16.0 Å². The number of aromatic nitrogens is 2. The van der Waals surface area contributed by atoms with Crippen LogP contribution in [0.15, 0.2) is 0 Å². The Hall–Kier alpha value is -0.580. The number of nitrogens with zero attached hydrogens (tertiary/aromatic N) is 2. The lowest BCUT2D eigenvalue weighted by Gasteiger charge is -2.21. The van der Waals surface area contributed by atoms with E-state index >= 15 is 0 Å². The van der Waals surface area contributed by atoms with Crippen LogP contribution in [0.1, 0.15) is 31.5 Å². The molecule has 0 saturated heterocycles. The van der Waals surface area contributed by atoms with Gasteiger partial charge in [-0.05, 0) is 19.3 Å². The first-order valence-corrected chi connectivity index (χ1v) is 6.03. The minimum Gasteiger partial charge on any atom is -0.271 e. The van der Waals surface area contributed by atoms with E-state index < -0.39 is 0 Å². The second kappa shape index (κ2) is 5.66. The molecule has 4 nitrogen and oxygen atoms in total. The highest BCUT2D eigenvalue weighted by Gasteiger charge is 2.19. The minimum atomic E-state index is 0.241. The molecule has 0 fully saturated rings. The fourth-order valence-electron chi connectivity index (χ4n) is 1.83. The first kappa shape index (κ1) is 13.5. The zero-order chi connectivity index (χ0) is 12.3. The van der Waals surface area contributed by atoms with Gasteiger partial charge in [-0.1, -0.05) is 31.9 Å². The molecule has 1 aromatic heterocycles. The SMILES string of the molecule is CCC(C)C(Cc1c(C)nn(C)c1Cl)NN. The van der Waals surface area contributed by atoms with Gasteiger partial charge in [-0.2, -0.15) is 5.10 Å². The van der Waals surface area contributed by atoms with Gasteiger partial charge < -0.3 is 0 Å². The van der Waals surface area contributed by atoms with Crippen LogP contribution >= 0.6 is 11.6 Å².